The minimum atomic E-state index is -1.31. The van der Waals surface area contributed by atoms with Crippen molar-refractivity contribution < 1.29 is 23.5 Å². The van der Waals surface area contributed by atoms with Crippen molar-refractivity contribution in [3.63, 3.8) is 0 Å². The summed E-state index contributed by atoms with van der Waals surface area (Å²) in [7, 11) is 0. The normalized spacial score (nSPS) is 12.5. The molecule has 2 aromatic carbocycles. The van der Waals surface area contributed by atoms with Crippen molar-refractivity contribution in [1.82, 2.24) is 15.3 Å². The molecule has 0 aliphatic rings. The van der Waals surface area contributed by atoms with Crippen molar-refractivity contribution >= 4 is 5.97 Å². The van der Waals surface area contributed by atoms with Crippen LogP contribution in [0.25, 0.3) is 11.5 Å². The van der Waals surface area contributed by atoms with Crippen LogP contribution in [0.15, 0.2) is 63.8 Å². The van der Waals surface area contributed by atoms with E-state index < -0.39 is 11.6 Å². The average molecular weight is 504 g/mol. The molecule has 0 radical (unpaired) electrons. The third-order valence-corrected chi connectivity index (χ3v) is 6.28. The molecular weight excluding hydrogens is 470 g/mol. The topological polar surface area (TPSA) is 111 Å². The number of nitrogens with zero attached hydrogens (tertiary/aromatic N) is 2. The highest BCUT2D eigenvalue weighted by Gasteiger charge is 2.30. The van der Waals surface area contributed by atoms with Gasteiger partial charge in [0.2, 0.25) is 11.8 Å². The van der Waals surface area contributed by atoms with Gasteiger partial charge in [-0.05, 0) is 76.3 Å². The lowest BCUT2D eigenvalue weighted by atomic mass is 10.0. The predicted octanol–water partition coefficient (Wildman–Crippen LogP) is 5.96. The van der Waals surface area contributed by atoms with Crippen molar-refractivity contribution in [2.75, 3.05) is 0 Å². The Balaban J connectivity index is 1.46. The molecule has 0 aliphatic carbocycles. The molecule has 2 N–H and O–H groups in total. The Kier molecular flexibility index (Phi) is 7.78. The van der Waals surface area contributed by atoms with Crippen LogP contribution in [0.5, 0.6) is 5.75 Å². The second kappa shape index (κ2) is 11.0. The lowest BCUT2D eigenvalue weighted by Crippen LogP contribution is -2.38. The Morgan fingerprint density at radius 3 is 2.46 bits per heavy atom. The van der Waals surface area contributed by atoms with E-state index in [2.05, 4.69) is 10.3 Å². The molecule has 8 heteroatoms. The van der Waals surface area contributed by atoms with Crippen molar-refractivity contribution in [2.24, 2.45) is 0 Å². The molecule has 0 bridgehead atoms. The largest absolute Gasteiger partial charge is 0.478 e. The summed E-state index contributed by atoms with van der Waals surface area (Å²) >= 11 is 0. The van der Waals surface area contributed by atoms with Crippen LogP contribution in [0.2, 0.25) is 0 Å². The van der Waals surface area contributed by atoms with E-state index in [1.165, 1.54) is 0 Å². The van der Waals surface area contributed by atoms with E-state index in [1.807, 2.05) is 63.2 Å². The van der Waals surface area contributed by atoms with Gasteiger partial charge in [0, 0.05) is 12.1 Å². The first-order chi connectivity index (χ1) is 17.6. The van der Waals surface area contributed by atoms with Gasteiger partial charge in [-0.2, -0.15) is 0 Å². The van der Waals surface area contributed by atoms with E-state index >= 15 is 0 Å². The molecule has 0 amide bonds. The van der Waals surface area contributed by atoms with Gasteiger partial charge in [-0.15, -0.1) is 0 Å². The van der Waals surface area contributed by atoms with Crippen molar-refractivity contribution in [3.05, 3.63) is 89.0 Å². The van der Waals surface area contributed by atoms with E-state index in [9.17, 15) is 9.90 Å². The lowest BCUT2D eigenvalue weighted by molar-refractivity contribution is -0.152. The molecule has 0 saturated carbocycles. The second-order valence-corrected chi connectivity index (χ2v) is 9.71. The molecule has 0 saturated heterocycles. The predicted molar refractivity (Wildman–Crippen MR) is 139 cm³/mol. The first-order valence-electron chi connectivity index (χ1n) is 12.3. The van der Waals surface area contributed by atoms with E-state index in [1.54, 1.807) is 26.3 Å². The van der Waals surface area contributed by atoms with Crippen LogP contribution in [0.1, 0.15) is 60.3 Å². The molecule has 0 aliphatic heterocycles. The quantitative estimate of drug-likeness (QED) is 0.258. The molecule has 8 nitrogen and oxygen atoms in total. The van der Waals surface area contributed by atoms with Gasteiger partial charge in [-0.25, -0.2) is 14.8 Å². The number of hydrogen-bond donors (Lipinski definition) is 2. The molecule has 4 rings (SSSR count). The summed E-state index contributed by atoms with van der Waals surface area (Å²) in [6.07, 6.45) is 4.62. The molecule has 0 spiro atoms. The number of aliphatic carboxylic acids is 1. The van der Waals surface area contributed by atoms with Crippen LogP contribution < -0.4 is 10.1 Å². The lowest BCUT2D eigenvalue weighted by Gasteiger charge is -2.25. The van der Waals surface area contributed by atoms with Gasteiger partial charge < -0.3 is 24.0 Å². The van der Waals surface area contributed by atoms with Crippen LogP contribution in [-0.2, 0) is 17.8 Å². The number of carboxylic acids is 1. The zero-order chi connectivity index (χ0) is 26.6. The Hall–Kier alpha value is -3.91. The third-order valence-electron chi connectivity index (χ3n) is 6.28. The van der Waals surface area contributed by atoms with Gasteiger partial charge in [0.1, 0.15) is 17.8 Å². The molecule has 37 heavy (non-hydrogen) atoms. The average Bonchev–Trinajstić information content (AvgIpc) is 3.52. The first kappa shape index (κ1) is 26.2. The molecular formula is C29H33N3O5. The highest BCUT2D eigenvalue weighted by molar-refractivity contribution is 5.77. The molecule has 4 aromatic rings. The van der Waals surface area contributed by atoms with Crippen molar-refractivity contribution in [2.45, 2.75) is 65.6 Å². The maximum Gasteiger partial charge on any atom is 0.347 e. The maximum absolute atomic E-state index is 11.5. The summed E-state index contributed by atoms with van der Waals surface area (Å²) in [5, 5.41) is 13.0. The standard InChI is InChI=1S/C29H33N3O5/c1-18-15-21(16-19(2)25(18)37-29(4,5)28(33)34)17-31-24(27-30-13-14-35-27)12-11-23-20(3)36-26(32-23)22-9-7-6-8-10-22/h6-10,13-16,24,31H,11-12,17H2,1-5H3,(H,33,34). The Morgan fingerprint density at radius 2 is 1.84 bits per heavy atom. The molecule has 2 heterocycles. The minimum Gasteiger partial charge on any atom is -0.478 e. The van der Waals surface area contributed by atoms with Crippen LogP contribution in [0.3, 0.4) is 0 Å². The van der Waals surface area contributed by atoms with E-state index in [0.717, 1.165) is 33.7 Å². The molecule has 0 fully saturated rings. The number of nitrogens with one attached hydrogen (secondary N) is 1. The summed E-state index contributed by atoms with van der Waals surface area (Å²) in [5.74, 6) is 1.62. The number of hydrogen-bond acceptors (Lipinski definition) is 7. The minimum absolute atomic E-state index is 0.131. The van der Waals surface area contributed by atoms with E-state index in [-0.39, 0.29) is 6.04 Å². The van der Waals surface area contributed by atoms with Crippen molar-refractivity contribution in [1.29, 1.82) is 0 Å². The number of aryl methyl sites for hydroxylation is 4. The van der Waals surface area contributed by atoms with Gasteiger partial charge in [0.15, 0.2) is 5.60 Å². The number of oxazole rings is 2. The molecule has 2 aromatic heterocycles. The van der Waals surface area contributed by atoms with E-state index in [4.69, 9.17) is 18.6 Å². The second-order valence-electron chi connectivity index (χ2n) is 9.71. The highest BCUT2D eigenvalue weighted by Crippen LogP contribution is 2.30. The molecule has 194 valence electrons. The van der Waals surface area contributed by atoms with Crippen molar-refractivity contribution in [3.8, 4) is 17.2 Å². The monoisotopic (exact) mass is 503 g/mol. The zero-order valence-corrected chi connectivity index (χ0v) is 21.9. The first-order valence-corrected chi connectivity index (χ1v) is 12.3. The number of aromatic nitrogens is 2. The van der Waals surface area contributed by atoms with Gasteiger partial charge in [-0.1, -0.05) is 30.3 Å². The fourth-order valence-corrected chi connectivity index (χ4v) is 4.21. The summed E-state index contributed by atoms with van der Waals surface area (Å²) in [6, 6.07) is 13.7. The Labute approximate surface area is 216 Å². The molecule has 1 unspecified atom stereocenters. The Morgan fingerprint density at radius 1 is 1.14 bits per heavy atom. The van der Waals surface area contributed by atoms with Gasteiger partial charge in [0.25, 0.3) is 0 Å². The van der Waals surface area contributed by atoms with Gasteiger partial charge in [-0.3, -0.25) is 0 Å². The number of ether oxygens (including phenoxy) is 1. The Bertz CT molecular complexity index is 1320. The van der Waals surface area contributed by atoms with Gasteiger partial charge in [0.05, 0.1) is 17.9 Å². The SMILES string of the molecule is Cc1cc(CNC(CCc2nc(-c3ccccc3)oc2C)c2ncco2)cc(C)c1OC(C)(C)C(=O)O. The fraction of sp³-hybridized carbons (Fsp3) is 0.345. The van der Waals surface area contributed by atoms with Gasteiger partial charge >= 0.3 is 5.97 Å². The smallest absolute Gasteiger partial charge is 0.347 e. The number of rotatable bonds is 11. The zero-order valence-electron chi connectivity index (χ0n) is 21.9. The van der Waals surface area contributed by atoms with E-state index in [0.29, 0.717) is 36.9 Å². The number of carboxylic acid groups (broad SMARTS) is 1. The number of benzene rings is 2. The van der Waals surface area contributed by atoms with Crippen LogP contribution in [0, 0.1) is 20.8 Å². The molecule has 1 atom stereocenters. The summed E-state index contributed by atoms with van der Waals surface area (Å²) in [6.45, 7) is 9.45. The summed E-state index contributed by atoms with van der Waals surface area (Å²) in [4.78, 5) is 20.6. The highest BCUT2D eigenvalue weighted by atomic mass is 16.5. The maximum atomic E-state index is 11.5. The number of carbonyl (C=O) groups is 1. The summed E-state index contributed by atoms with van der Waals surface area (Å²) < 4.78 is 17.4. The third kappa shape index (κ3) is 6.27. The summed E-state index contributed by atoms with van der Waals surface area (Å²) in [5.41, 5.74) is 3.35. The van der Waals surface area contributed by atoms with Crippen LogP contribution >= 0.6 is 0 Å². The van der Waals surface area contributed by atoms with Crippen LogP contribution in [-0.4, -0.2) is 26.6 Å². The van der Waals surface area contributed by atoms with Crippen LogP contribution in [0.4, 0.5) is 0 Å². The fourth-order valence-electron chi connectivity index (χ4n) is 4.21.